The smallest absolute Gasteiger partial charge is 0.410 e. The first-order valence-corrected chi connectivity index (χ1v) is 7.82. The molecule has 1 amide bonds. The maximum atomic E-state index is 11.6. The zero-order valence-electron chi connectivity index (χ0n) is 13.5. The second kappa shape index (κ2) is 8.56. The number of hydrogen-bond acceptors (Lipinski definition) is 5. The molecule has 6 nitrogen and oxygen atoms in total. The third kappa shape index (κ3) is 6.63. The highest BCUT2D eigenvalue weighted by Gasteiger charge is 2.31. The van der Waals surface area contributed by atoms with Crippen molar-refractivity contribution in [3.8, 4) is 0 Å². The Morgan fingerprint density at radius 2 is 1.95 bits per heavy atom. The third-order valence-electron chi connectivity index (χ3n) is 3.60. The standard InChI is InChI=1S/C10H19NO3.C5H11NO/c1-10(2,3)14-9(13)11-6-4-5-8(11)7-12;7-4-5-2-1-3-6-5/h8,12H,4-7H2,1-3H3;5-7H,1-4H2/t8-;5-/m00/s1. The van der Waals surface area contributed by atoms with Crippen LogP contribution in [0.3, 0.4) is 0 Å². The Balaban J connectivity index is 0.000000262. The summed E-state index contributed by atoms with van der Waals surface area (Å²) in [5.74, 6) is 0. The van der Waals surface area contributed by atoms with Crippen LogP contribution in [0.1, 0.15) is 46.5 Å². The Kier molecular flexibility index (Phi) is 7.42. The van der Waals surface area contributed by atoms with Gasteiger partial charge in [-0.25, -0.2) is 4.79 Å². The molecule has 2 atom stereocenters. The van der Waals surface area contributed by atoms with Crippen molar-refractivity contribution in [1.82, 2.24) is 10.2 Å². The van der Waals surface area contributed by atoms with Gasteiger partial charge in [-0.15, -0.1) is 0 Å². The quantitative estimate of drug-likeness (QED) is 0.712. The lowest BCUT2D eigenvalue weighted by atomic mass is 10.2. The molecule has 2 heterocycles. The van der Waals surface area contributed by atoms with E-state index in [0.717, 1.165) is 25.8 Å². The van der Waals surface area contributed by atoms with Crippen molar-refractivity contribution in [2.75, 3.05) is 26.3 Å². The average molecular weight is 302 g/mol. The van der Waals surface area contributed by atoms with E-state index >= 15 is 0 Å². The van der Waals surface area contributed by atoms with Gasteiger partial charge in [0.2, 0.25) is 0 Å². The first-order chi connectivity index (χ1) is 9.87. The van der Waals surface area contributed by atoms with Crippen molar-refractivity contribution in [3.63, 3.8) is 0 Å². The molecule has 0 aromatic carbocycles. The number of hydrogen-bond donors (Lipinski definition) is 3. The van der Waals surface area contributed by atoms with Crippen LogP contribution >= 0.6 is 0 Å². The summed E-state index contributed by atoms with van der Waals surface area (Å²) in [4.78, 5) is 13.2. The van der Waals surface area contributed by atoms with E-state index < -0.39 is 5.60 Å². The zero-order chi connectivity index (χ0) is 15.9. The van der Waals surface area contributed by atoms with Crippen LogP contribution in [0.2, 0.25) is 0 Å². The molecule has 3 N–H and O–H groups in total. The van der Waals surface area contributed by atoms with Crippen molar-refractivity contribution in [2.45, 2.75) is 64.1 Å². The number of carbonyl (C=O) groups excluding carboxylic acids is 1. The van der Waals surface area contributed by atoms with Gasteiger partial charge >= 0.3 is 6.09 Å². The van der Waals surface area contributed by atoms with Crippen LogP contribution in [-0.2, 0) is 4.74 Å². The topological polar surface area (TPSA) is 82.0 Å². The summed E-state index contributed by atoms with van der Waals surface area (Å²) in [6, 6.07) is 0.352. The Labute approximate surface area is 127 Å². The number of nitrogens with zero attached hydrogens (tertiary/aromatic N) is 1. The fraction of sp³-hybridized carbons (Fsp3) is 0.933. The second-order valence-corrected chi connectivity index (χ2v) is 6.63. The summed E-state index contributed by atoms with van der Waals surface area (Å²) in [6.07, 6.45) is 3.89. The Bertz CT molecular complexity index is 311. The van der Waals surface area contributed by atoms with Gasteiger partial charge in [-0.1, -0.05) is 0 Å². The fourth-order valence-corrected chi connectivity index (χ4v) is 2.50. The van der Waals surface area contributed by atoms with Gasteiger partial charge in [-0.05, 0) is 53.0 Å². The molecule has 0 aliphatic carbocycles. The molecule has 2 aliphatic heterocycles. The molecule has 0 radical (unpaired) electrons. The van der Waals surface area contributed by atoms with Gasteiger partial charge < -0.3 is 25.2 Å². The molecule has 124 valence electrons. The molecule has 0 spiro atoms. The molecule has 2 fully saturated rings. The maximum Gasteiger partial charge on any atom is 0.410 e. The minimum Gasteiger partial charge on any atom is -0.444 e. The van der Waals surface area contributed by atoms with E-state index in [1.165, 1.54) is 6.42 Å². The molecule has 0 bridgehead atoms. The van der Waals surface area contributed by atoms with E-state index in [-0.39, 0.29) is 18.7 Å². The number of rotatable bonds is 2. The number of nitrogens with one attached hydrogen (secondary N) is 1. The van der Waals surface area contributed by atoms with Crippen LogP contribution in [0.15, 0.2) is 0 Å². The lowest BCUT2D eigenvalue weighted by molar-refractivity contribution is 0.0176. The van der Waals surface area contributed by atoms with Crippen LogP contribution in [-0.4, -0.2) is 65.2 Å². The van der Waals surface area contributed by atoms with Gasteiger partial charge in [0.05, 0.1) is 19.3 Å². The minimum absolute atomic E-state index is 0.0270. The highest BCUT2D eigenvalue weighted by Crippen LogP contribution is 2.20. The largest absolute Gasteiger partial charge is 0.444 e. The lowest BCUT2D eigenvalue weighted by Crippen LogP contribution is -2.41. The van der Waals surface area contributed by atoms with Crippen LogP contribution in [0.25, 0.3) is 0 Å². The van der Waals surface area contributed by atoms with Gasteiger partial charge in [0, 0.05) is 12.6 Å². The van der Waals surface area contributed by atoms with Crippen molar-refractivity contribution in [3.05, 3.63) is 0 Å². The van der Waals surface area contributed by atoms with E-state index in [9.17, 15) is 4.79 Å². The maximum absolute atomic E-state index is 11.6. The van der Waals surface area contributed by atoms with E-state index in [0.29, 0.717) is 19.2 Å². The van der Waals surface area contributed by atoms with Crippen LogP contribution in [0, 0.1) is 0 Å². The molecule has 2 aliphatic rings. The SMILES string of the molecule is CC(C)(C)OC(=O)N1CCC[C@H]1CO.OC[C@@H]1CCCN1. The Hall–Kier alpha value is -0.850. The van der Waals surface area contributed by atoms with E-state index in [1.807, 2.05) is 20.8 Å². The van der Waals surface area contributed by atoms with Crippen LogP contribution in [0.5, 0.6) is 0 Å². The highest BCUT2D eigenvalue weighted by molar-refractivity contribution is 5.68. The third-order valence-corrected chi connectivity index (χ3v) is 3.60. The van der Waals surface area contributed by atoms with Crippen LogP contribution in [0.4, 0.5) is 4.79 Å². The lowest BCUT2D eigenvalue weighted by Gasteiger charge is -2.27. The summed E-state index contributed by atoms with van der Waals surface area (Å²) >= 11 is 0. The van der Waals surface area contributed by atoms with E-state index in [2.05, 4.69) is 5.32 Å². The van der Waals surface area contributed by atoms with Gasteiger partial charge in [-0.2, -0.15) is 0 Å². The van der Waals surface area contributed by atoms with Gasteiger partial charge in [0.15, 0.2) is 0 Å². The molecule has 0 aromatic rings. The van der Waals surface area contributed by atoms with Crippen molar-refractivity contribution >= 4 is 6.09 Å². The van der Waals surface area contributed by atoms with Crippen molar-refractivity contribution < 1.29 is 19.7 Å². The number of aliphatic hydroxyl groups is 2. The van der Waals surface area contributed by atoms with E-state index in [1.54, 1.807) is 4.90 Å². The molecule has 2 saturated heterocycles. The molecule has 2 rings (SSSR count). The van der Waals surface area contributed by atoms with Gasteiger partial charge in [0.25, 0.3) is 0 Å². The highest BCUT2D eigenvalue weighted by atomic mass is 16.6. The molecule has 0 unspecified atom stereocenters. The molecule has 0 aromatic heterocycles. The number of ether oxygens (including phenoxy) is 1. The van der Waals surface area contributed by atoms with Crippen LogP contribution < -0.4 is 5.32 Å². The molecular weight excluding hydrogens is 272 g/mol. The van der Waals surface area contributed by atoms with Crippen molar-refractivity contribution in [1.29, 1.82) is 0 Å². The molecular formula is C15H30N2O4. The second-order valence-electron chi connectivity index (χ2n) is 6.63. The fourth-order valence-electron chi connectivity index (χ4n) is 2.50. The van der Waals surface area contributed by atoms with Gasteiger partial charge in [0.1, 0.15) is 5.60 Å². The first kappa shape index (κ1) is 18.2. The number of likely N-dealkylation sites (tertiary alicyclic amines) is 1. The van der Waals surface area contributed by atoms with E-state index in [4.69, 9.17) is 14.9 Å². The number of aliphatic hydroxyl groups excluding tert-OH is 2. The summed E-state index contributed by atoms with van der Waals surface area (Å²) in [5, 5.41) is 20.7. The minimum atomic E-state index is -0.459. The molecule has 0 saturated carbocycles. The Morgan fingerprint density at radius 1 is 1.24 bits per heavy atom. The zero-order valence-corrected chi connectivity index (χ0v) is 13.5. The predicted molar refractivity (Wildman–Crippen MR) is 81.2 cm³/mol. The van der Waals surface area contributed by atoms with Crippen molar-refractivity contribution in [2.24, 2.45) is 0 Å². The summed E-state index contributed by atoms with van der Waals surface area (Å²) < 4.78 is 5.23. The monoisotopic (exact) mass is 302 g/mol. The molecule has 21 heavy (non-hydrogen) atoms. The summed E-state index contributed by atoms with van der Waals surface area (Å²) in [6.45, 7) is 7.64. The average Bonchev–Trinajstić information content (AvgIpc) is 3.08. The predicted octanol–water partition coefficient (Wildman–Crippen LogP) is 1.11. The Morgan fingerprint density at radius 3 is 2.38 bits per heavy atom. The summed E-state index contributed by atoms with van der Waals surface area (Å²) in [7, 11) is 0. The normalized spacial score (nSPS) is 25.5. The number of amides is 1. The first-order valence-electron chi connectivity index (χ1n) is 7.82. The number of carbonyl (C=O) groups is 1. The van der Waals surface area contributed by atoms with Gasteiger partial charge in [-0.3, -0.25) is 0 Å². The molecule has 6 heteroatoms. The summed E-state index contributed by atoms with van der Waals surface area (Å²) in [5.41, 5.74) is -0.459.